The number of hydrogen-bond acceptors (Lipinski definition) is 4. The topological polar surface area (TPSA) is 76.5 Å². The molecule has 1 spiro atoms. The maximum Gasteiger partial charge on any atom is 0.573 e. The van der Waals surface area contributed by atoms with Gasteiger partial charge in [-0.25, -0.2) is 0 Å². The van der Waals surface area contributed by atoms with E-state index in [-0.39, 0.29) is 34.9 Å². The molecule has 2 unspecified atom stereocenters. The first-order valence-corrected chi connectivity index (χ1v) is 11.1. The van der Waals surface area contributed by atoms with Gasteiger partial charge in [-0.1, -0.05) is 6.42 Å². The van der Waals surface area contributed by atoms with E-state index in [1.165, 1.54) is 24.3 Å². The SMILES string of the molecule is CC(C)n1nccc1C(=O)N1CCC2(CCCC2C(=O)Nc2ccc(OC(F)(F)F)cc2)C1. The zero-order valence-corrected chi connectivity index (χ0v) is 18.6. The lowest BCUT2D eigenvalue weighted by molar-refractivity contribution is -0.274. The van der Waals surface area contributed by atoms with Crippen LogP contribution in [0.3, 0.4) is 0 Å². The second-order valence-electron chi connectivity index (χ2n) is 9.10. The van der Waals surface area contributed by atoms with E-state index in [0.29, 0.717) is 30.9 Å². The lowest BCUT2D eigenvalue weighted by atomic mass is 9.76. The van der Waals surface area contributed by atoms with Crippen molar-refractivity contribution < 1.29 is 27.5 Å². The van der Waals surface area contributed by atoms with Gasteiger partial charge in [0.1, 0.15) is 11.4 Å². The van der Waals surface area contributed by atoms with E-state index in [1.54, 1.807) is 16.9 Å². The molecule has 2 aliphatic rings. The third kappa shape index (κ3) is 4.84. The van der Waals surface area contributed by atoms with Crippen molar-refractivity contribution in [1.29, 1.82) is 0 Å². The summed E-state index contributed by atoms with van der Waals surface area (Å²) in [4.78, 5) is 28.1. The Labute approximate surface area is 189 Å². The van der Waals surface area contributed by atoms with Crippen LogP contribution in [0.5, 0.6) is 5.75 Å². The van der Waals surface area contributed by atoms with Crippen molar-refractivity contribution in [2.24, 2.45) is 11.3 Å². The Morgan fingerprint density at radius 2 is 1.91 bits per heavy atom. The number of anilines is 1. The predicted octanol–water partition coefficient (Wildman–Crippen LogP) is 4.63. The average Bonchev–Trinajstić information content (AvgIpc) is 3.48. The summed E-state index contributed by atoms with van der Waals surface area (Å²) in [6.07, 6.45) is 0.0622. The number of nitrogens with one attached hydrogen (secondary N) is 1. The van der Waals surface area contributed by atoms with Crippen molar-refractivity contribution in [2.75, 3.05) is 18.4 Å². The number of amides is 2. The molecule has 1 aromatic heterocycles. The number of benzene rings is 1. The Morgan fingerprint density at radius 3 is 2.58 bits per heavy atom. The van der Waals surface area contributed by atoms with Crippen LogP contribution < -0.4 is 10.1 Å². The number of aromatic nitrogens is 2. The fraction of sp³-hybridized carbons (Fsp3) is 0.522. The van der Waals surface area contributed by atoms with Crippen LogP contribution in [0.4, 0.5) is 18.9 Å². The maximum atomic E-state index is 13.1. The largest absolute Gasteiger partial charge is 0.573 e. The smallest absolute Gasteiger partial charge is 0.406 e. The Balaban J connectivity index is 1.42. The summed E-state index contributed by atoms with van der Waals surface area (Å²) < 4.78 is 42.6. The molecule has 1 aliphatic carbocycles. The van der Waals surface area contributed by atoms with Gasteiger partial charge in [-0.3, -0.25) is 14.3 Å². The fourth-order valence-corrected chi connectivity index (χ4v) is 5.13. The first-order valence-electron chi connectivity index (χ1n) is 11.1. The van der Waals surface area contributed by atoms with Crippen LogP contribution in [-0.2, 0) is 4.79 Å². The van der Waals surface area contributed by atoms with E-state index in [1.807, 2.05) is 18.7 Å². The molecule has 10 heteroatoms. The molecule has 2 heterocycles. The third-order valence-corrected chi connectivity index (χ3v) is 6.63. The molecule has 4 rings (SSSR count). The quantitative estimate of drug-likeness (QED) is 0.700. The highest BCUT2D eigenvalue weighted by atomic mass is 19.4. The van der Waals surface area contributed by atoms with Gasteiger partial charge in [0, 0.05) is 42.3 Å². The number of carbonyl (C=O) groups is 2. The van der Waals surface area contributed by atoms with E-state index < -0.39 is 6.36 Å². The van der Waals surface area contributed by atoms with Gasteiger partial charge in [-0.15, -0.1) is 13.2 Å². The Bertz CT molecular complexity index is 1020. The minimum atomic E-state index is -4.76. The molecule has 2 amide bonds. The number of halogens is 3. The number of ether oxygens (including phenoxy) is 1. The fourth-order valence-electron chi connectivity index (χ4n) is 5.13. The van der Waals surface area contributed by atoms with E-state index >= 15 is 0 Å². The molecule has 2 fully saturated rings. The second kappa shape index (κ2) is 8.72. The molecule has 1 saturated heterocycles. The van der Waals surface area contributed by atoms with Gasteiger partial charge in [0.25, 0.3) is 5.91 Å². The number of nitrogens with zero attached hydrogens (tertiary/aromatic N) is 3. The minimum Gasteiger partial charge on any atom is -0.406 e. The van der Waals surface area contributed by atoms with Crippen LogP contribution >= 0.6 is 0 Å². The monoisotopic (exact) mass is 464 g/mol. The molecular weight excluding hydrogens is 437 g/mol. The lowest BCUT2D eigenvalue weighted by Gasteiger charge is -2.30. The van der Waals surface area contributed by atoms with Crippen LogP contribution in [0.2, 0.25) is 0 Å². The first-order chi connectivity index (χ1) is 15.6. The summed E-state index contributed by atoms with van der Waals surface area (Å²) >= 11 is 0. The van der Waals surface area contributed by atoms with Crippen LogP contribution in [0.25, 0.3) is 0 Å². The van der Waals surface area contributed by atoms with Crippen LogP contribution in [-0.4, -0.2) is 45.9 Å². The number of likely N-dealkylation sites (tertiary alicyclic amines) is 1. The van der Waals surface area contributed by atoms with E-state index in [2.05, 4.69) is 15.2 Å². The Morgan fingerprint density at radius 1 is 1.18 bits per heavy atom. The molecule has 0 bridgehead atoms. The van der Waals surface area contributed by atoms with Crippen molar-refractivity contribution in [1.82, 2.24) is 14.7 Å². The van der Waals surface area contributed by atoms with Gasteiger partial charge in [0.15, 0.2) is 0 Å². The third-order valence-electron chi connectivity index (χ3n) is 6.63. The van der Waals surface area contributed by atoms with Crippen molar-refractivity contribution >= 4 is 17.5 Å². The molecule has 33 heavy (non-hydrogen) atoms. The predicted molar refractivity (Wildman–Crippen MR) is 115 cm³/mol. The molecular formula is C23H27F3N4O3. The van der Waals surface area contributed by atoms with Gasteiger partial charge >= 0.3 is 6.36 Å². The average molecular weight is 464 g/mol. The van der Waals surface area contributed by atoms with E-state index in [0.717, 1.165) is 19.3 Å². The highest BCUT2D eigenvalue weighted by Crippen LogP contribution is 2.50. The molecule has 1 saturated carbocycles. The van der Waals surface area contributed by atoms with E-state index in [4.69, 9.17) is 0 Å². The number of rotatable bonds is 5. The van der Waals surface area contributed by atoms with Crippen molar-refractivity contribution in [3.63, 3.8) is 0 Å². The standard InChI is InChI=1S/C23H27F3N4O3/c1-15(2)30-19(9-12-27-30)21(32)29-13-11-22(14-29)10-3-4-18(22)20(31)28-16-5-7-17(8-6-16)33-23(24,25)26/h5-9,12,15,18H,3-4,10-11,13-14H2,1-2H3,(H,28,31). The van der Waals surface area contributed by atoms with Crippen LogP contribution in [0, 0.1) is 11.3 Å². The maximum absolute atomic E-state index is 13.1. The van der Waals surface area contributed by atoms with Gasteiger partial charge in [-0.2, -0.15) is 5.10 Å². The molecule has 0 radical (unpaired) electrons. The summed E-state index contributed by atoms with van der Waals surface area (Å²) in [5.74, 6) is -0.859. The molecule has 178 valence electrons. The number of carbonyl (C=O) groups excluding carboxylic acids is 2. The number of alkyl halides is 3. The number of hydrogen-bond donors (Lipinski definition) is 1. The highest BCUT2D eigenvalue weighted by molar-refractivity contribution is 5.94. The summed E-state index contributed by atoms with van der Waals surface area (Å²) in [6, 6.07) is 6.89. The molecule has 2 aromatic rings. The van der Waals surface area contributed by atoms with Crippen LogP contribution in [0.1, 0.15) is 56.1 Å². The molecule has 7 nitrogen and oxygen atoms in total. The molecule has 1 N–H and O–H groups in total. The van der Waals surface area contributed by atoms with E-state index in [9.17, 15) is 22.8 Å². The van der Waals surface area contributed by atoms with Crippen molar-refractivity contribution in [2.45, 2.75) is 51.9 Å². The zero-order valence-electron chi connectivity index (χ0n) is 18.6. The first kappa shape index (κ1) is 23.1. The zero-order chi connectivity index (χ0) is 23.8. The molecule has 2 atom stereocenters. The van der Waals surface area contributed by atoms with Gasteiger partial charge in [0.05, 0.1) is 0 Å². The van der Waals surface area contributed by atoms with Crippen molar-refractivity contribution in [3.8, 4) is 5.75 Å². The normalized spacial score (nSPS) is 22.8. The minimum absolute atomic E-state index is 0.0634. The highest BCUT2D eigenvalue weighted by Gasteiger charge is 2.51. The summed E-state index contributed by atoms with van der Waals surface area (Å²) in [7, 11) is 0. The summed E-state index contributed by atoms with van der Waals surface area (Å²) in [6.45, 7) is 5.02. The van der Waals surface area contributed by atoms with Gasteiger partial charge in [-0.05, 0) is 63.4 Å². The van der Waals surface area contributed by atoms with Crippen LogP contribution in [0.15, 0.2) is 36.5 Å². The van der Waals surface area contributed by atoms with Crippen molar-refractivity contribution in [3.05, 3.63) is 42.2 Å². The van der Waals surface area contributed by atoms with Gasteiger partial charge < -0.3 is 15.0 Å². The molecule has 1 aromatic carbocycles. The van der Waals surface area contributed by atoms with Gasteiger partial charge in [0.2, 0.25) is 5.91 Å². The summed E-state index contributed by atoms with van der Waals surface area (Å²) in [5.41, 5.74) is 0.660. The molecule has 1 aliphatic heterocycles. The second-order valence-corrected chi connectivity index (χ2v) is 9.10. The Hall–Kier alpha value is -3.04. The lowest BCUT2D eigenvalue weighted by Crippen LogP contribution is -2.39. The summed E-state index contributed by atoms with van der Waals surface area (Å²) in [5, 5.41) is 7.07. The Kier molecular flexibility index (Phi) is 6.11.